The Balaban J connectivity index is 2.98. The summed E-state index contributed by atoms with van der Waals surface area (Å²) in [5.41, 5.74) is -0.0536. The molecule has 1 amide bonds. The zero-order valence-electron chi connectivity index (χ0n) is 13.7. The summed E-state index contributed by atoms with van der Waals surface area (Å²) in [5.74, 6) is 0.370. The minimum Gasteiger partial charge on any atom is -0.494 e. The quantitative estimate of drug-likeness (QED) is 0.798. The molecule has 0 fully saturated rings. The zero-order chi connectivity index (χ0) is 16.6. The van der Waals surface area contributed by atoms with Crippen LogP contribution in [0.25, 0.3) is 0 Å². The summed E-state index contributed by atoms with van der Waals surface area (Å²) >= 11 is 0. The van der Waals surface area contributed by atoms with E-state index in [2.05, 4.69) is 11.4 Å². The van der Waals surface area contributed by atoms with Crippen LogP contribution >= 0.6 is 0 Å². The molecule has 0 saturated carbocycles. The predicted octanol–water partition coefficient (Wildman–Crippen LogP) is 3.49. The molecule has 0 aromatic heterocycles. The van der Waals surface area contributed by atoms with Gasteiger partial charge in [0.25, 0.3) is 5.91 Å². The van der Waals surface area contributed by atoms with Crippen molar-refractivity contribution in [3.05, 3.63) is 23.8 Å². The molecule has 0 heterocycles. The van der Waals surface area contributed by atoms with Crippen LogP contribution in [0.15, 0.2) is 18.2 Å². The number of rotatable bonds is 8. The molecule has 1 N–H and O–H groups in total. The lowest BCUT2D eigenvalue weighted by molar-refractivity contribution is -0.139. The van der Waals surface area contributed by atoms with Crippen molar-refractivity contribution in [2.24, 2.45) is 0 Å². The highest BCUT2D eigenvalue weighted by molar-refractivity contribution is 5.98. The van der Waals surface area contributed by atoms with Gasteiger partial charge < -0.3 is 14.8 Å². The van der Waals surface area contributed by atoms with Crippen LogP contribution in [-0.2, 0) is 9.53 Å². The fourth-order valence-electron chi connectivity index (χ4n) is 2.28. The van der Waals surface area contributed by atoms with Gasteiger partial charge in [-0.3, -0.25) is 4.79 Å². The summed E-state index contributed by atoms with van der Waals surface area (Å²) in [7, 11) is 0. The van der Waals surface area contributed by atoms with Gasteiger partial charge in [-0.25, -0.2) is 0 Å². The highest BCUT2D eigenvalue weighted by Crippen LogP contribution is 2.25. The fourth-order valence-corrected chi connectivity index (χ4v) is 2.28. The van der Waals surface area contributed by atoms with Crippen LogP contribution < -0.4 is 10.1 Å². The van der Waals surface area contributed by atoms with E-state index < -0.39 is 5.60 Å². The van der Waals surface area contributed by atoms with E-state index in [1.54, 1.807) is 25.1 Å². The summed E-state index contributed by atoms with van der Waals surface area (Å²) in [5, 5.41) is 12.0. The van der Waals surface area contributed by atoms with Crippen molar-refractivity contribution >= 4 is 11.6 Å². The summed E-state index contributed by atoms with van der Waals surface area (Å²) in [6.07, 6.45) is 1.45. The number of benzene rings is 1. The molecule has 0 radical (unpaired) electrons. The van der Waals surface area contributed by atoms with Gasteiger partial charge in [0.2, 0.25) is 0 Å². The third-order valence-corrected chi connectivity index (χ3v) is 3.34. The molecular weight excluding hydrogens is 280 g/mol. The number of nitrogens with zero attached hydrogens (tertiary/aromatic N) is 1. The minimum atomic E-state index is -0.894. The Hall–Kier alpha value is -2.06. The van der Waals surface area contributed by atoms with Gasteiger partial charge in [0.05, 0.1) is 17.9 Å². The van der Waals surface area contributed by atoms with Crippen molar-refractivity contribution in [3.8, 4) is 11.8 Å². The highest BCUT2D eigenvalue weighted by Gasteiger charge is 2.33. The fraction of sp³-hybridized carbons (Fsp3) is 0.529. The molecule has 0 aliphatic heterocycles. The molecule has 5 nitrogen and oxygen atoms in total. The molecule has 1 rings (SSSR count). The maximum Gasteiger partial charge on any atom is 0.256 e. The maximum atomic E-state index is 12.5. The van der Waals surface area contributed by atoms with Gasteiger partial charge in [-0.05, 0) is 45.4 Å². The van der Waals surface area contributed by atoms with Gasteiger partial charge in [-0.2, -0.15) is 5.26 Å². The number of hydrogen-bond acceptors (Lipinski definition) is 4. The molecular formula is C17H24N2O3. The van der Waals surface area contributed by atoms with Gasteiger partial charge in [0, 0.05) is 6.61 Å². The molecule has 5 heteroatoms. The molecule has 0 aliphatic carbocycles. The lowest BCUT2D eigenvalue weighted by Crippen LogP contribution is -2.42. The van der Waals surface area contributed by atoms with E-state index in [9.17, 15) is 10.1 Å². The number of carbonyl (C=O) groups excluding carboxylic acids is 1. The topological polar surface area (TPSA) is 71.3 Å². The van der Waals surface area contributed by atoms with E-state index in [4.69, 9.17) is 9.47 Å². The number of nitrogens with one attached hydrogen (secondary N) is 1. The Morgan fingerprint density at radius 2 is 2.05 bits per heavy atom. The van der Waals surface area contributed by atoms with Crippen LogP contribution in [0, 0.1) is 11.3 Å². The normalized spacial score (nSPS) is 13.0. The molecule has 1 atom stereocenters. The van der Waals surface area contributed by atoms with Crippen LogP contribution in [0.5, 0.6) is 5.75 Å². The van der Waals surface area contributed by atoms with Crippen molar-refractivity contribution in [2.45, 2.75) is 46.1 Å². The number of amides is 1. The lowest BCUT2D eigenvalue weighted by Gasteiger charge is -2.28. The Kier molecular flexibility index (Phi) is 6.87. The second-order valence-electron chi connectivity index (χ2n) is 5.12. The maximum absolute atomic E-state index is 12.5. The van der Waals surface area contributed by atoms with Crippen molar-refractivity contribution in [2.75, 3.05) is 18.5 Å². The first kappa shape index (κ1) is 18.0. The number of anilines is 1. The second kappa shape index (κ2) is 8.40. The summed E-state index contributed by atoms with van der Waals surface area (Å²) < 4.78 is 11.0. The standard InChI is InChI=1S/C17H24N2O3/c1-5-10-17(4,22-7-3)16(20)19-15-9-8-14(21-6-2)11-13(15)12-18/h8-9,11H,5-7,10H2,1-4H3,(H,19,20)/t17-/m0/s1. The van der Waals surface area contributed by atoms with Gasteiger partial charge in [0.15, 0.2) is 0 Å². The number of hydrogen-bond donors (Lipinski definition) is 1. The van der Waals surface area contributed by atoms with E-state index in [1.165, 1.54) is 0 Å². The van der Waals surface area contributed by atoms with E-state index in [1.807, 2.05) is 20.8 Å². The summed E-state index contributed by atoms with van der Waals surface area (Å²) in [4.78, 5) is 12.5. The van der Waals surface area contributed by atoms with Crippen LogP contribution in [0.1, 0.15) is 46.1 Å². The molecule has 0 bridgehead atoms. The third-order valence-electron chi connectivity index (χ3n) is 3.34. The molecule has 0 saturated heterocycles. The first-order valence-electron chi connectivity index (χ1n) is 7.63. The SMILES string of the molecule is CCC[C@](C)(OCC)C(=O)Nc1ccc(OCC)cc1C#N. The van der Waals surface area contributed by atoms with E-state index in [-0.39, 0.29) is 5.91 Å². The molecule has 1 aromatic rings. The number of nitriles is 1. The third kappa shape index (κ3) is 4.47. The summed E-state index contributed by atoms with van der Waals surface area (Å²) in [6, 6.07) is 7.12. The summed E-state index contributed by atoms with van der Waals surface area (Å²) in [6.45, 7) is 8.49. The van der Waals surface area contributed by atoms with Crippen molar-refractivity contribution in [3.63, 3.8) is 0 Å². The lowest BCUT2D eigenvalue weighted by atomic mass is 9.98. The Morgan fingerprint density at radius 1 is 1.32 bits per heavy atom. The van der Waals surface area contributed by atoms with E-state index in [0.717, 1.165) is 6.42 Å². The van der Waals surface area contributed by atoms with Gasteiger partial charge in [-0.1, -0.05) is 13.3 Å². The molecule has 0 spiro atoms. The van der Waals surface area contributed by atoms with Crippen LogP contribution in [-0.4, -0.2) is 24.7 Å². The van der Waals surface area contributed by atoms with Gasteiger partial charge in [-0.15, -0.1) is 0 Å². The van der Waals surface area contributed by atoms with Crippen molar-refractivity contribution < 1.29 is 14.3 Å². The predicted molar refractivity (Wildman–Crippen MR) is 85.9 cm³/mol. The largest absolute Gasteiger partial charge is 0.494 e. The van der Waals surface area contributed by atoms with Gasteiger partial charge >= 0.3 is 0 Å². The molecule has 1 aromatic carbocycles. The number of carbonyl (C=O) groups is 1. The van der Waals surface area contributed by atoms with Crippen LogP contribution in [0.2, 0.25) is 0 Å². The van der Waals surface area contributed by atoms with E-state index in [0.29, 0.717) is 36.6 Å². The second-order valence-corrected chi connectivity index (χ2v) is 5.12. The highest BCUT2D eigenvalue weighted by atomic mass is 16.5. The van der Waals surface area contributed by atoms with Gasteiger partial charge in [0.1, 0.15) is 17.4 Å². The average Bonchev–Trinajstić information content (AvgIpc) is 2.49. The first-order chi connectivity index (χ1) is 10.5. The molecule has 0 aliphatic rings. The molecule has 120 valence electrons. The van der Waals surface area contributed by atoms with Crippen molar-refractivity contribution in [1.82, 2.24) is 0 Å². The first-order valence-corrected chi connectivity index (χ1v) is 7.63. The molecule has 22 heavy (non-hydrogen) atoms. The van der Waals surface area contributed by atoms with E-state index >= 15 is 0 Å². The Labute approximate surface area is 132 Å². The zero-order valence-corrected chi connectivity index (χ0v) is 13.7. The smallest absolute Gasteiger partial charge is 0.256 e. The van der Waals surface area contributed by atoms with Crippen LogP contribution in [0.3, 0.4) is 0 Å². The molecule has 0 unspecified atom stereocenters. The minimum absolute atomic E-state index is 0.239. The average molecular weight is 304 g/mol. The van der Waals surface area contributed by atoms with Crippen LogP contribution in [0.4, 0.5) is 5.69 Å². The Morgan fingerprint density at radius 3 is 2.59 bits per heavy atom. The Bertz CT molecular complexity index is 543. The van der Waals surface area contributed by atoms with Crippen molar-refractivity contribution in [1.29, 1.82) is 5.26 Å². The monoisotopic (exact) mass is 304 g/mol. The number of ether oxygens (including phenoxy) is 2.